The van der Waals surface area contributed by atoms with Crippen molar-refractivity contribution in [2.45, 2.75) is 31.8 Å². The van der Waals surface area contributed by atoms with Crippen LogP contribution in [0.5, 0.6) is 0 Å². The lowest BCUT2D eigenvalue weighted by atomic mass is 9.94. The Morgan fingerprint density at radius 3 is 2.89 bits per heavy atom. The highest BCUT2D eigenvalue weighted by molar-refractivity contribution is 5.66. The number of hydrogen-bond donors (Lipinski definition) is 1. The maximum Gasteiger partial charge on any atom is 0.325 e. The predicted molar refractivity (Wildman–Crippen MR) is 101 cm³/mol. The zero-order valence-corrected chi connectivity index (χ0v) is 15.1. The van der Waals surface area contributed by atoms with Gasteiger partial charge in [-0.3, -0.25) is 14.4 Å². The molecule has 1 aromatic carbocycles. The highest BCUT2D eigenvalue weighted by atomic mass is 16.4. The normalized spacial score (nSPS) is 17.9. The van der Waals surface area contributed by atoms with Crippen molar-refractivity contribution in [3.05, 3.63) is 66.2 Å². The van der Waals surface area contributed by atoms with E-state index < -0.39 is 5.97 Å². The molecule has 4 rings (SSSR count). The highest BCUT2D eigenvalue weighted by Crippen LogP contribution is 2.27. The smallest absolute Gasteiger partial charge is 0.325 e. The van der Waals surface area contributed by atoms with Gasteiger partial charge >= 0.3 is 5.97 Å². The average Bonchev–Trinajstić information content (AvgIpc) is 3.34. The number of aromatic nitrogens is 4. The Bertz CT molecular complexity index is 903. The Kier molecular flexibility index (Phi) is 5.02. The molecule has 1 N–H and O–H groups in total. The lowest BCUT2D eigenvalue weighted by Crippen LogP contribution is -2.34. The van der Waals surface area contributed by atoms with Crippen LogP contribution in [-0.4, -0.2) is 48.6 Å². The van der Waals surface area contributed by atoms with Gasteiger partial charge in [-0.2, -0.15) is 10.2 Å². The van der Waals surface area contributed by atoms with Crippen LogP contribution >= 0.6 is 0 Å². The molecule has 1 atom stereocenters. The number of benzene rings is 1. The van der Waals surface area contributed by atoms with Gasteiger partial charge in [-0.25, -0.2) is 4.68 Å². The fraction of sp³-hybridized carbons (Fsp3) is 0.350. The lowest BCUT2D eigenvalue weighted by Gasteiger charge is -2.32. The fourth-order valence-corrected chi connectivity index (χ4v) is 3.78. The van der Waals surface area contributed by atoms with E-state index in [0.29, 0.717) is 5.92 Å². The van der Waals surface area contributed by atoms with E-state index in [1.165, 1.54) is 10.2 Å². The van der Waals surface area contributed by atoms with Crippen molar-refractivity contribution in [1.82, 2.24) is 24.5 Å². The number of piperidine rings is 1. The molecule has 3 aromatic rings. The Balaban J connectivity index is 1.47. The van der Waals surface area contributed by atoms with Crippen LogP contribution in [0.25, 0.3) is 5.69 Å². The Morgan fingerprint density at radius 2 is 2.07 bits per heavy atom. The summed E-state index contributed by atoms with van der Waals surface area (Å²) >= 11 is 0. The van der Waals surface area contributed by atoms with Crippen LogP contribution in [0.15, 0.2) is 55.0 Å². The van der Waals surface area contributed by atoms with Crippen molar-refractivity contribution in [2.75, 3.05) is 13.1 Å². The monoisotopic (exact) mass is 365 g/mol. The molecule has 0 aliphatic carbocycles. The Morgan fingerprint density at radius 1 is 1.19 bits per heavy atom. The molecule has 1 aliphatic rings. The number of carbonyl (C=O) groups is 1. The van der Waals surface area contributed by atoms with Crippen LogP contribution in [0, 0.1) is 0 Å². The number of nitrogens with zero attached hydrogens (tertiary/aromatic N) is 5. The molecule has 140 valence electrons. The third-order valence-electron chi connectivity index (χ3n) is 5.02. The summed E-state index contributed by atoms with van der Waals surface area (Å²) in [4.78, 5) is 13.3. The molecule has 2 aromatic heterocycles. The second-order valence-electron chi connectivity index (χ2n) is 6.99. The fourth-order valence-electron chi connectivity index (χ4n) is 3.78. The third-order valence-corrected chi connectivity index (χ3v) is 5.02. The molecular formula is C20H23N5O2. The summed E-state index contributed by atoms with van der Waals surface area (Å²) in [7, 11) is 0. The van der Waals surface area contributed by atoms with E-state index in [2.05, 4.69) is 33.3 Å². The van der Waals surface area contributed by atoms with Crippen molar-refractivity contribution in [1.29, 1.82) is 0 Å². The largest absolute Gasteiger partial charge is 0.480 e. The minimum atomic E-state index is -0.870. The van der Waals surface area contributed by atoms with Crippen LogP contribution in [-0.2, 0) is 17.9 Å². The van der Waals surface area contributed by atoms with Gasteiger partial charge in [-0.05, 0) is 43.1 Å². The highest BCUT2D eigenvalue weighted by Gasteiger charge is 2.24. The van der Waals surface area contributed by atoms with E-state index in [0.717, 1.165) is 43.9 Å². The number of rotatable bonds is 6. The molecule has 27 heavy (non-hydrogen) atoms. The summed E-state index contributed by atoms with van der Waals surface area (Å²) in [6, 6.07) is 12.2. The number of likely N-dealkylation sites (tertiary alicyclic amines) is 1. The van der Waals surface area contributed by atoms with E-state index in [-0.39, 0.29) is 6.54 Å². The molecule has 7 nitrogen and oxygen atoms in total. The van der Waals surface area contributed by atoms with Crippen LogP contribution < -0.4 is 0 Å². The minimum Gasteiger partial charge on any atom is -0.480 e. The number of para-hydroxylation sites is 1. The van der Waals surface area contributed by atoms with Gasteiger partial charge < -0.3 is 5.11 Å². The van der Waals surface area contributed by atoms with Gasteiger partial charge in [0.15, 0.2) is 0 Å². The third kappa shape index (κ3) is 4.09. The van der Waals surface area contributed by atoms with Crippen molar-refractivity contribution in [3.8, 4) is 5.69 Å². The van der Waals surface area contributed by atoms with E-state index in [9.17, 15) is 4.79 Å². The molecule has 0 amide bonds. The summed E-state index contributed by atoms with van der Waals surface area (Å²) in [5.74, 6) is -0.532. The predicted octanol–water partition coefficient (Wildman–Crippen LogP) is 2.53. The molecule has 1 unspecified atom stereocenters. The second-order valence-corrected chi connectivity index (χ2v) is 6.99. The lowest BCUT2D eigenvalue weighted by molar-refractivity contribution is -0.137. The van der Waals surface area contributed by atoms with Crippen LogP contribution in [0.1, 0.15) is 30.0 Å². The van der Waals surface area contributed by atoms with Crippen molar-refractivity contribution in [3.63, 3.8) is 0 Å². The molecule has 1 aliphatic heterocycles. The molecule has 1 fully saturated rings. The standard InChI is InChI=1S/C20H23N5O2/c26-20(27)15-24-12-8-18(22-24)16-6-3-10-23(13-16)14-17-5-1-2-7-19(17)25-11-4-9-21-25/h1-2,4-5,7-9,11-12,16H,3,6,10,13-15H2,(H,26,27). The molecule has 0 saturated carbocycles. The molecule has 1 saturated heterocycles. The molecule has 0 spiro atoms. The maximum atomic E-state index is 10.9. The van der Waals surface area contributed by atoms with Crippen molar-refractivity contribution < 1.29 is 9.90 Å². The molecule has 0 radical (unpaired) electrons. The number of aliphatic carboxylic acids is 1. The molecule has 7 heteroatoms. The maximum absolute atomic E-state index is 10.9. The quantitative estimate of drug-likeness (QED) is 0.726. The van der Waals surface area contributed by atoms with Crippen LogP contribution in [0.2, 0.25) is 0 Å². The summed E-state index contributed by atoms with van der Waals surface area (Å²) in [5.41, 5.74) is 3.34. The van der Waals surface area contributed by atoms with Crippen LogP contribution in [0.4, 0.5) is 0 Å². The summed E-state index contributed by atoms with van der Waals surface area (Å²) in [6.45, 7) is 2.76. The van der Waals surface area contributed by atoms with Crippen molar-refractivity contribution >= 4 is 5.97 Å². The first-order chi connectivity index (χ1) is 13.2. The molecule has 3 heterocycles. The zero-order valence-electron chi connectivity index (χ0n) is 15.1. The van der Waals surface area contributed by atoms with E-state index >= 15 is 0 Å². The summed E-state index contributed by atoms with van der Waals surface area (Å²) in [5, 5.41) is 17.8. The van der Waals surface area contributed by atoms with E-state index in [1.54, 1.807) is 12.4 Å². The SMILES string of the molecule is O=C(O)Cn1ccc(C2CCCN(Cc3ccccc3-n3cccn3)C2)n1. The second kappa shape index (κ2) is 7.75. The number of carboxylic acids is 1. The number of carboxylic acid groups (broad SMARTS) is 1. The molecule has 0 bridgehead atoms. The van der Waals surface area contributed by atoms with Gasteiger partial charge in [0.05, 0.1) is 11.4 Å². The Hall–Kier alpha value is -2.93. The topological polar surface area (TPSA) is 76.2 Å². The Labute approximate surface area is 157 Å². The van der Waals surface area contributed by atoms with Crippen molar-refractivity contribution in [2.24, 2.45) is 0 Å². The summed E-state index contributed by atoms with van der Waals surface area (Å²) < 4.78 is 3.41. The average molecular weight is 365 g/mol. The zero-order chi connectivity index (χ0) is 18.6. The first-order valence-corrected chi connectivity index (χ1v) is 9.24. The first kappa shape index (κ1) is 17.5. The van der Waals surface area contributed by atoms with Gasteiger partial charge in [0.1, 0.15) is 6.54 Å². The van der Waals surface area contributed by atoms with E-state index in [1.807, 2.05) is 29.1 Å². The van der Waals surface area contributed by atoms with Gasteiger partial charge in [-0.1, -0.05) is 18.2 Å². The van der Waals surface area contributed by atoms with Crippen LogP contribution in [0.3, 0.4) is 0 Å². The van der Waals surface area contributed by atoms with Gasteiger partial charge in [0.25, 0.3) is 0 Å². The van der Waals surface area contributed by atoms with Gasteiger partial charge in [0, 0.05) is 37.6 Å². The van der Waals surface area contributed by atoms with Gasteiger partial charge in [0.2, 0.25) is 0 Å². The number of hydrogen-bond acceptors (Lipinski definition) is 4. The van der Waals surface area contributed by atoms with E-state index in [4.69, 9.17) is 5.11 Å². The van der Waals surface area contributed by atoms with Gasteiger partial charge in [-0.15, -0.1) is 0 Å². The summed E-state index contributed by atoms with van der Waals surface area (Å²) in [6.07, 6.45) is 7.71. The first-order valence-electron chi connectivity index (χ1n) is 9.24. The minimum absolute atomic E-state index is 0.0896. The molecular weight excluding hydrogens is 342 g/mol.